The van der Waals surface area contributed by atoms with Gasteiger partial charge in [0.05, 0.1) is 0 Å². The highest BCUT2D eigenvalue weighted by Crippen LogP contribution is 2.06. The lowest BCUT2D eigenvalue weighted by atomic mass is 10.1. The molecule has 1 aromatic carbocycles. The summed E-state index contributed by atoms with van der Waals surface area (Å²) in [7, 11) is 1.84. The summed E-state index contributed by atoms with van der Waals surface area (Å²) in [6, 6.07) is 8.38. The van der Waals surface area contributed by atoms with E-state index >= 15 is 0 Å². The van der Waals surface area contributed by atoms with Gasteiger partial charge in [-0.05, 0) is 18.9 Å². The molecular formula is C14H22N2O. The first-order valence-corrected chi connectivity index (χ1v) is 6.05. The fraction of sp³-hybridized carbons (Fsp3) is 0.500. The zero-order valence-electron chi connectivity index (χ0n) is 10.9. The quantitative estimate of drug-likeness (QED) is 0.841. The summed E-state index contributed by atoms with van der Waals surface area (Å²) in [5.41, 5.74) is 8.02. The average Bonchev–Trinajstić information content (AvgIpc) is 2.34. The van der Waals surface area contributed by atoms with Crippen molar-refractivity contribution in [2.45, 2.75) is 20.3 Å². The highest BCUT2D eigenvalue weighted by molar-refractivity contribution is 5.78. The Hall–Kier alpha value is -1.35. The number of nitrogens with two attached hydrogens (primary N) is 1. The number of hydrogen-bond acceptors (Lipinski definition) is 2. The zero-order chi connectivity index (χ0) is 12.8. The predicted molar refractivity (Wildman–Crippen MR) is 70.7 cm³/mol. The maximum Gasteiger partial charge on any atom is 0.226 e. The lowest BCUT2D eigenvalue weighted by Crippen LogP contribution is -2.36. The van der Waals surface area contributed by atoms with Crippen molar-refractivity contribution in [1.29, 1.82) is 0 Å². The normalized spacial score (nSPS) is 12.2. The van der Waals surface area contributed by atoms with Crippen molar-refractivity contribution in [3.63, 3.8) is 0 Å². The molecule has 1 aromatic rings. The second-order valence-electron chi connectivity index (χ2n) is 4.64. The van der Waals surface area contributed by atoms with Crippen molar-refractivity contribution in [1.82, 2.24) is 4.90 Å². The van der Waals surface area contributed by atoms with E-state index in [1.807, 2.05) is 14.0 Å². The van der Waals surface area contributed by atoms with E-state index in [2.05, 4.69) is 31.2 Å². The summed E-state index contributed by atoms with van der Waals surface area (Å²) < 4.78 is 0. The Labute approximate surface area is 104 Å². The van der Waals surface area contributed by atoms with Gasteiger partial charge in [-0.25, -0.2) is 0 Å². The Balaban J connectivity index is 2.48. The standard InChI is InChI=1S/C14H22N2O/c1-11-5-4-6-13(9-11)7-8-16(3)14(17)12(2)10-15/h4-6,9,12H,7-8,10,15H2,1-3H3. The largest absolute Gasteiger partial charge is 0.345 e. The molecule has 94 valence electrons. The summed E-state index contributed by atoms with van der Waals surface area (Å²) in [5.74, 6) is 0.0395. The van der Waals surface area contributed by atoms with Crippen molar-refractivity contribution in [2.75, 3.05) is 20.1 Å². The number of carbonyl (C=O) groups excluding carboxylic acids is 1. The van der Waals surface area contributed by atoms with Crippen LogP contribution in [0.15, 0.2) is 24.3 Å². The van der Waals surface area contributed by atoms with Gasteiger partial charge in [-0.1, -0.05) is 36.8 Å². The molecular weight excluding hydrogens is 212 g/mol. The van der Waals surface area contributed by atoms with E-state index in [0.717, 1.165) is 13.0 Å². The molecule has 0 saturated carbocycles. The van der Waals surface area contributed by atoms with Gasteiger partial charge in [0.2, 0.25) is 5.91 Å². The van der Waals surface area contributed by atoms with Crippen LogP contribution in [0.25, 0.3) is 0 Å². The van der Waals surface area contributed by atoms with Gasteiger partial charge >= 0.3 is 0 Å². The molecule has 1 unspecified atom stereocenters. The van der Waals surface area contributed by atoms with Crippen LogP contribution >= 0.6 is 0 Å². The first kappa shape index (κ1) is 13.7. The molecule has 3 nitrogen and oxygen atoms in total. The summed E-state index contributed by atoms with van der Waals surface area (Å²) in [6.07, 6.45) is 0.890. The number of benzene rings is 1. The smallest absolute Gasteiger partial charge is 0.226 e. The van der Waals surface area contributed by atoms with E-state index in [0.29, 0.717) is 6.54 Å². The first-order chi connectivity index (χ1) is 8.04. The summed E-state index contributed by atoms with van der Waals surface area (Å²) in [5, 5.41) is 0. The highest BCUT2D eigenvalue weighted by Gasteiger charge is 2.15. The number of amides is 1. The predicted octanol–water partition coefficient (Wildman–Crippen LogP) is 1.59. The van der Waals surface area contributed by atoms with Gasteiger partial charge in [0.25, 0.3) is 0 Å². The van der Waals surface area contributed by atoms with Gasteiger partial charge in [0.1, 0.15) is 0 Å². The van der Waals surface area contributed by atoms with Crippen LogP contribution in [0.5, 0.6) is 0 Å². The molecule has 0 saturated heterocycles. The average molecular weight is 234 g/mol. The Morgan fingerprint density at radius 2 is 2.18 bits per heavy atom. The van der Waals surface area contributed by atoms with Crippen LogP contribution in [0.2, 0.25) is 0 Å². The minimum Gasteiger partial charge on any atom is -0.345 e. The van der Waals surface area contributed by atoms with E-state index in [9.17, 15) is 4.79 Å². The maximum absolute atomic E-state index is 11.8. The third-order valence-electron chi connectivity index (χ3n) is 2.97. The van der Waals surface area contributed by atoms with Crippen LogP contribution in [0, 0.1) is 12.8 Å². The van der Waals surface area contributed by atoms with Crippen LogP contribution in [0.4, 0.5) is 0 Å². The number of rotatable bonds is 5. The monoisotopic (exact) mass is 234 g/mol. The topological polar surface area (TPSA) is 46.3 Å². The Morgan fingerprint density at radius 3 is 2.76 bits per heavy atom. The van der Waals surface area contributed by atoms with Crippen molar-refractivity contribution >= 4 is 5.91 Å². The second-order valence-corrected chi connectivity index (χ2v) is 4.64. The summed E-state index contributed by atoms with van der Waals surface area (Å²) >= 11 is 0. The fourth-order valence-electron chi connectivity index (χ4n) is 1.75. The van der Waals surface area contributed by atoms with Crippen molar-refractivity contribution in [2.24, 2.45) is 11.7 Å². The molecule has 0 heterocycles. The zero-order valence-corrected chi connectivity index (χ0v) is 10.9. The SMILES string of the molecule is Cc1cccc(CCN(C)C(=O)C(C)CN)c1. The number of likely N-dealkylation sites (N-methyl/N-ethyl adjacent to an activating group) is 1. The molecule has 17 heavy (non-hydrogen) atoms. The summed E-state index contributed by atoms with van der Waals surface area (Å²) in [4.78, 5) is 13.6. The molecule has 1 amide bonds. The lowest BCUT2D eigenvalue weighted by Gasteiger charge is -2.20. The number of aryl methyl sites for hydroxylation is 1. The molecule has 3 heteroatoms. The molecule has 0 radical (unpaired) electrons. The van der Waals surface area contributed by atoms with E-state index < -0.39 is 0 Å². The van der Waals surface area contributed by atoms with Gasteiger partial charge in [0, 0.05) is 26.1 Å². The Morgan fingerprint density at radius 1 is 1.47 bits per heavy atom. The molecule has 0 bridgehead atoms. The molecule has 0 fully saturated rings. The molecule has 2 N–H and O–H groups in total. The minimum atomic E-state index is -0.0856. The van der Waals surface area contributed by atoms with Crippen LogP contribution < -0.4 is 5.73 Å². The fourth-order valence-corrected chi connectivity index (χ4v) is 1.75. The molecule has 0 aliphatic heterocycles. The number of nitrogens with zero attached hydrogens (tertiary/aromatic N) is 1. The van der Waals surface area contributed by atoms with Gasteiger partial charge < -0.3 is 10.6 Å². The van der Waals surface area contributed by atoms with Gasteiger partial charge in [-0.3, -0.25) is 4.79 Å². The summed E-state index contributed by atoms with van der Waals surface area (Å²) in [6.45, 7) is 5.10. The van der Waals surface area contributed by atoms with Crippen molar-refractivity contribution < 1.29 is 4.79 Å². The van der Waals surface area contributed by atoms with Gasteiger partial charge in [-0.2, -0.15) is 0 Å². The van der Waals surface area contributed by atoms with Crippen LogP contribution in [-0.4, -0.2) is 30.9 Å². The van der Waals surface area contributed by atoms with E-state index in [1.165, 1.54) is 11.1 Å². The van der Waals surface area contributed by atoms with Crippen molar-refractivity contribution in [3.05, 3.63) is 35.4 Å². The van der Waals surface area contributed by atoms with Crippen LogP contribution in [0.1, 0.15) is 18.1 Å². The lowest BCUT2D eigenvalue weighted by molar-refractivity contribution is -0.133. The molecule has 0 spiro atoms. The van der Waals surface area contributed by atoms with Crippen LogP contribution in [-0.2, 0) is 11.2 Å². The molecule has 1 atom stereocenters. The van der Waals surface area contributed by atoms with E-state index in [1.54, 1.807) is 4.90 Å². The third-order valence-corrected chi connectivity index (χ3v) is 2.97. The molecule has 1 rings (SSSR count). The maximum atomic E-state index is 11.8. The van der Waals surface area contributed by atoms with E-state index in [4.69, 9.17) is 5.73 Å². The number of hydrogen-bond donors (Lipinski definition) is 1. The molecule has 0 aliphatic carbocycles. The van der Waals surface area contributed by atoms with Crippen molar-refractivity contribution in [3.8, 4) is 0 Å². The highest BCUT2D eigenvalue weighted by atomic mass is 16.2. The van der Waals surface area contributed by atoms with Gasteiger partial charge in [0.15, 0.2) is 0 Å². The molecule has 0 aliphatic rings. The second kappa shape index (κ2) is 6.40. The van der Waals surface area contributed by atoms with Crippen LogP contribution in [0.3, 0.4) is 0 Å². The Bertz CT molecular complexity index is 376. The van der Waals surface area contributed by atoms with Gasteiger partial charge in [-0.15, -0.1) is 0 Å². The Kier molecular flexibility index (Phi) is 5.16. The third kappa shape index (κ3) is 4.19. The van der Waals surface area contributed by atoms with E-state index in [-0.39, 0.29) is 11.8 Å². The molecule has 0 aromatic heterocycles. The minimum absolute atomic E-state index is 0.0856. The number of carbonyl (C=O) groups is 1. The first-order valence-electron chi connectivity index (χ1n) is 6.05.